The number of nitrogens with zero attached hydrogens (tertiary/aromatic N) is 1. The lowest BCUT2D eigenvalue weighted by atomic mass is 9.78. The number of hydrogen-bond donors (Lipinski definition) is 1. The number of methoxy groups -OCH3 is 1. The van der Waals surface area contributed by atoms with Crippen LogP contribution in [0.4, 0.5) is 5.69 Å². The Kier molecular flexibility index (Phi) is 3.74. The first-order chi connectivity index (χ1) is 8.44. The number of ether oxygens (including phenoxy) is 1. The molecule has 2 rings (SSSR count). The summed E-state index contributed by atoms with van der Waals surface area (Å²) >= 11 is 6.07. The van der Waals surface area contributed by atoms with Crippen molar-refractivity contribution in [3.05, 3.63) is 23.2 Å². The first kappa shape index (κ1) is 13.5. The third kappa shape index (κ3) is 2.57. The minimum Gasteiger partial charge on any atom is -0.495 e. The van der Waals surface area contributed by atoms with Crippen LogP contribution in [-0.2, 0) is 0 Å². The van der Waals surface area contributed by atoms with E-state index in [4.69, 9.17) is 22.1 Å². The molecule has 100 valence electrons. The largest absolute Gasteiger partial charge is 0.495 e. The average molecular weight is 269 g/mol. The third-order valence-electron chi connectivity index (χ3n) is 3.93. The fourth-order valence-corrected chi connectivity index (χ4v) is 2.48. The van der Waals surface area contributed by atoms with Crippen molar-refractivity contribution in [3.8, 4) is 5.75 Å². The molecular weight excluding hydrogens is 248 g/mol. The average Bonchev–Trinajstić information content (AvgIpc) is 2.33. The second-order valence-electron chi connectivity index (χ2n) is 5.61. The summed E-state index contributed by atoms with van der Waals surface area (Å²) in [6, 6.07) is 5.86. The number of piperidine rings is 1. The van der Waals surface area contributed by atoms with Crippen LogP contribution in [-0.4, -0.2) is 26.2 Å². The van der Waals surface area contributed by atoms with Gasteiger partial charge in [-0.15, -0.1) is 0 Å². The number of anilines is 1. The van der Waals surface area contributed by atoms with Crippen molar-refractivity contribution in [1.29, 1.82) is 0 Å². The molecule has 1 heterocycles. The van der Waals surface area contributed by atoms with Gasteiger partial charge in [0.15, 0.2) is 0 Å². The van der Waals surface area contributed by atoms with E-state index < -0.39 is 0 Å². The molecule has 0 aromatic heterocycles. The fourth-order valence-electron chi connectivity index (χ4n) is 2.31. The van der Waals surface area contributed by atoms with E-state index in [0.29, 0.717) is 0 Å². The molecule has 18 heavy (non-hydrogen) atoms. The topological polar surface area (TPSA) is 38.5 Å². The maximum Gasteiger partial charge on any atom is 0.142 e. The zero-order valence-electron chi connectivity index (χ0n) is 11.2. The predicted octanol–water partition coefficient (Wildman–Crippen LogP) is 2.91. The molecule has 1 fully saturated rings. The highest BCUT2D eigenvalue weighted by atomic mass is 35.5. The van der Waals surface area contributed by atoms with Gasteiger partial charge in [-0.25, -0.2) is 0 Å². The summed E-state index contributed by atoms with van der Waals surface area (Å²) in [6.45, 7) is 6.27. The molecule has 0 amide bonds. The third-order valence-corrected chi connectivity index (χ3v) is 4.16. The van der Waals surface area contributed by atoms with E-state index in [-0.39, 0.29) is 11.5 Å². The lowest BCUT2D eigenvalue weighted by Crippen LogP contribution is -2.53. The van der Waals surface area contributed by atoms with Crippen LogP contribution in [0.3, 0.4) is 0 Å². The summed E-state index contributed by atoms with van der Waals surface area (Å²) in [5.74, 6) is 0.853. The molecule has 1 atom stereocenters. The van der Waals surface area contributed by atoms with Gasteiger partial charge in [0, 0.05) is 24.2 Å². The Morgan fingerprint density at radius 3 is 2.78 bits per heavy atom. The van der Waals surface area contributed by atoms with E-state index in [1.807, 2.05) is 18.2 Å². The number of nitrogens with two attached hydrogens (primary N) is 1. The van der Waals surface area contributed by atoms with Gasteiger partial charge in [-0.3, -0.25) is 0 Å². The van der Waals surface area contributed by atoms with Crippen LogP contribution < -0.4 is 15.4 Å². The normalized spacial score (nSPS) is 22.9. The van der Waals surface area contributed by atoms with Gasteiger partial charge >= 0.3 is 0 Å². The summed E-state index contributed by atoms with van der Waals surface area (Å²) in [5.41, 5.74) is 7.49. The quantitative estimate of drug-likeness (QED) is 0.896. The van der Waals surface area contributed by atoms with Gasteiger partial charge in [0.05, 0.1) is 12.8 Å². The molecule has 0 bridgehead atoms. The van der Waals surface area contributed by atoms with Gasteiger partial charge in [-0.2, -0.15) is 0 Å². The van der Waals surface area contributed by atoms with Crippen molar-refractivity contribution in [2.75, 3.05) is 25.1 Å². The van der Waals surface area contributed by atoms with Crippen LogP contribution in [0.25, 0.3) is 0 Å². The van der Waals surface area contributed by atoms with Crippen LogP contribution in [0.5, 0.6) is 5.75 Å². The minimum absolute atomic E-state index is 0.162. The van der Waals surface area contributed by atoms with E-state index in [2.05, 4.69) is 18.7 Å². The Morgan fingerprint density at radius 1 is 1.44 bits per heavy atom. The maximum absolute atomic E-state index is 6.25. The molecule has 0 spiro atoms. The zero-order chi connectivity index (χ0) is 13.3. The Hall–Kier alpha value is -0.930. The Balaban J connectivity index is 2.25. The highest BCUT2D eigenvalue weighted by Crippen LogP contribution is 2.36. The van der Waals surface area contributed by atoms with Crippen LogP contribution in [0.2, 0.25) is 5.02 Å². The van der Waals surface area contributed by atoms with Crippen molar-refractivity contribution in [2.24, 2.45) is 11.1 Å². The fraction of sp³-hybridized carbons (Fsp3) is 0.571. The van der Waals surface area contributed by atoms with Gasteiger partial charge in [-0.1, -0.05) is 25.4 Å². The van der Waals surface area contributed by atoms with Crippen molar-refractivity contribution >= 4 is 17.3 Å². The van der Waals surface area contributed by atoms with Crippen molar-refractivity contribution in [1.82, 2.24) is 0 Å². The van der Waals surface area contributed by atoms with Crippen LogP contribution >= 0.6 is 11.6 Å². The van der Waals surface area contributed by atoms with E-state index in [1.165, 1.54) is 0 Å². The van der Waals surface area contributed by atoms with Gasteiger partial charge < -0.3 is 15.4 Å². The molecule has 1 aliphatic rings. The molecule has 4 heteroatoms. The molecule has 3 nitrogen and oxygen atoms in total. The standard InChI is InChI=1S/C14H21ClN2O/c1-14(2)6-7-17(9-13(14)16)11-8-10(15)4-5-12(11)18-3/h4-5,8,13H,6-7,9,16H2,1-3H3. The second kappa shape index (κ2) is 4.98. The summed E-state index contributed by atoms with van der Waals surface area (Å²) in [4.78, 5) is 2.26. The van der Waals surface area contributed by atoms with Crippen molar-refractivity contribution in [3.63, 3.8) is 0 Å². The Labute approximate surface area is 114 Å². The zero-order valence-corrected chi connectivity index (χ0v) is 12.0. The van der Waals surface area contributed by atoms with Crippen LogP contribution in [0.15, 0.2) is 18.2 Å². The van der Waals surface area contributed by atoms with Gasteiger partial charge in [0.1, 0.15) is 5.75 Å². The molecule has 0 aliphatic carbocycles. The lowest BCUT2D eigenvalue weighted by Gasteiger charge is -2.43. The SMILES string of the molecule is COc1ccc(Cl)cc1N1CCC(C)(C)C(N)C1. The molecule has 2 N–H and O–H groups in total. The van der Waals surface area contributed by atoms with Crippen molar-refractivity contribution in [2.45, 2.75) is 26.3 Å². The first-order valence-electron chi connectivity index (χ1n) is 6.28. The van der Waals surface area contributed by atoms with E-state index >= 15 is 0 Å². The molecule has 1 unspecified atom stereocenters. The van der Waals surface area contributed by atoms with Crippen molar-refractivity contribution < 1.29 is 4.74 Å². The highest BCUT2D eigenvalue weighted by molar-refractivity contribution is 6.30. The molecule has 1 aromatic rings. The molecule has 1 saturated heterocycles. The van der Waals surface area contributed by atoms with E-state index in [1.54, 1.807) is 7.11 Å². The number of halogens is 1. The van der Waals surface area contributed by atoms with Gasteiger partial charge in [-0.05, 0) is 30.0 Å². The van der Waals surface area contributed by atoms with Gasteiger partial charge in [0.25, 0.3) is 0 Å². The minimum atomic E-state index is 0.162. The highest BCUT2D eigenvalue weighted by Gasteiger charge is 2.33. The number of rotatable bonds is 2. The van der Waals surface area contributed by atoms with Crippen LogP contribution in [0, 0.1) is 5.41 Å². The second-order valence-corrected chi connectivity index (χ2v) is 6.04. The molecule has 1 aliphatic heterocycles. The van der Waals surface area contributed by atoms with E-state index in [0.717, 1.165) is 36.0 Å². The maximum atomic E-state index is 6.25. The summed E-state index contributed by atoms with van der Waals surface area (Å²) in [5, 5.41) is 0.726. The molecular formula is C14H21ClN2O. The first-order valence-corrected chi connectivity index (χ1v) is 6.66. The summed E-state index contributed by atoms with van der Waals surface area (Å²) in [6.07, 6.45) is 1.07. The molecule has 0 radical (unpaired) electrons. The number of hydrogen-bond acceptors (Lipinski definition) is 3. The lowest BCUT2D eigenvalue weighted by molar-refractivity contribution is 0.235. The Bertz CT molecular complexity index is 434. The van der Waals surface area contributed by atoms with Gasteiger partial charge in [0.2, 0.25) is 0 Å². The molecule has 0 saturated carbocycles. The molecule has 1 aromatic carbocycles. The Morgan fingerprint density at radius 2 is 2.17 bits per heavy atom. The summed E-state index contributed by atoms with van der Waals surface area (Å²) in [7, 11) is 1.68. The monoisotopic (exact) mass is 268 g/mol. The van der Waals surface area contributed by atoms with E-state index in [9.17, 15) is 0 Å². The smallest absolute Gasteiger partial charge is 0.142 e. The van der Waals surface area contributed by atoms with Crippen LogP contribution in [0.1, 0.15) is 20.3 Å². The number of benzene rings is 1. The summed E-state index contributed by atoms with van der Waals surface area (Å²) < 4.78 is 5.40. The predicted molar refractivity (Wildman–Crippen MR) is 76.6 cm³/mol.